The van der Waals surface area contributed by atoms with Gasteiger partial charge >= 0.3 is 5.97 Å². The molecule has 0 aromatic heterocycles. The third kappa shape index (κ3) is 2.02. The van der Waals surface area contributed by atoms with Gasteiger partial charge < -0.3 is 10.4 Å². The normalized spacial score (nSPS) is 52.1. The van der Waals surface area contributed by atoms with Gasteiger partial charge in [-0.05, 0) is 73.5 Å². The van der Waals surface area contributed by atoms with E-state index in [9.17, 15) is 14.7 Å². The lowest BCUT2D eigenvalue weighted by atomic mass is 9.47. The highest BCUT2D eigenvalue weighted by atomic mass is 16.4. The molecule has 3 aliphatic carbocycles. The number of amides is 1. The molecule has 23 heavy (non-hydrogen) atoms. The number of aliphatic carboxylic acids is 1. The van der Waals surface area contributed by atoms with E-state index in [1.165, 1.54) is 0 Å². The third-order valence-corrected chi connectivity index (χ3v) is 8.39. The first-order valence-electron chi connectivity index (χ1n) is 9.38. The number of carbonyl (C=O) groups excluding carboxylic acids is 1. The molecule has 4 nitrogen and oxygen atoms in total. The van der Waals surface area contributed by atoms with Crippen LogP contribution in [0.2, 0.25) is 0 Å². The number of carboxylic acid groups (broad SMARTS) is 1. The second-order valence-corrected chi connectivity index (χ2v) is 9.09. The summed E-state index contributed by atoms with van der Waals surface area (Å²) in [6, 6.07) is 0.339. The van der Waals surface area contributed by atoms with Crippen LogP contribution in [0, 0.1) is 34.5 Å². The molecule has 4 heteroatoms. The Hall–Kier alpha value is -1.06. The number of hydrogen-bond donors (Lipinski definition) is 2. The fourth-order valence-corrected chi connectivity index (χ4v) is 7.11. The van der Waals surface area contributed by atoms with Crippen LogP contribution in [0.15, 0.2) is 0 Å². The van der Waals surface area contributed by atoms with Gasteiger partial charge in [0.05, 0.1) is 5.92 Å². The van der Waals surface area contributed by atoms with Gasteiger partial charge in [0, 0.05) is 12.5 Å². The molecule has 1 saturated heterocycles. The summed E-state index contributed by atoms with van der Waals surface area (Å²) in [7, 11) is 0. The molecule has 3 saturated carbocycles. The zero-order valence-corrected chi connectivity index (χ0v) is 14.3. The van der Waals surface area contributed by atoms with E-state index in [0.717, 1.165) is 44.9 Å². The summed E-state index contributed by atoms with van der Waals surface area (Å²) in [6.07, 6.45) is 8.05. The molecular formula is C19H29NO3. The van der Waals surface area contributed by atoms with Crippen LogP contribution < -0.4 is 5.32 Å². The molecule has 1 aliphatic heterocycles. The van der Waals surface area contributed by atoms with Crippen molar-refractivity contribution < 1.29 is 14.7 Å². The Kier molecular flexibility index (Phi) is 3.34. The summed E-state index contributed by atoms with van der Waals surface area (Å²) in [6.45, 7) is 4.64. The van der Waals surface area contributed by atoms with E-state index in [1.807, 2.05) is 0 Å². The maximum absolute atomic E-state index is 11.8. The molecule has 0 unspecified atom stereocenters. The van der Waals surface area contributed by atoms with Gasteiger partial charge in [-0.2, -0.15) is 0 Å². The number of nitrogens with one attached hydrogen (secondary N) is 1. The van der Waals surface area contributed by atoms with Gasteiger partial charge in [0.1, 0.15) is 0 Å². The summed E-state index contributed by atoms with van der Waals surface area (Å²) in [5, 5.41) is 12.9. The molecule has 4 fully saturated rings. The molecule has 0 aromatic carbocycles. The Morgan fingerprint density at radius 3 is 2.52 bits per heavy atom. The topological polar surface area (TPSA) is 66.4 Å². The van der Waals surface area contributed by atoms with Crippen LogP contribution in [-0.2, 0) is 9.59 Å². The summed E-state index contributed by atoms with van der Waals surface area (Å²) in [4.78, 5) is 23.5. The van der Waals surface area contributed by atoms with Crippen LogP contribution in [0.3, 0.4) is 0 Å². The smallest absolute Gasteiger partial charge is 0.307 e. The van der Waals surface area contributed by atoms with Crippen molar-refractivity contribution in [3.63, 3.8) is 0 Å². The van der Waals surface area contributed by atoms with Crippen molar-refractivity contribution in [2.45, 2.75) is 71.3 Å². The minimum atomic E-state index is -0.585. The van der Waals surface area contributed by atoms with Gasteiger partial charge in [-0.25, -0.2) is 0 Å². The van der Waals surface area contributed by atoms with Gasteiger partial charge in [0.25, 0.3) is 0 Å². The van der Waals surface area contributed by atoms with Gasteiger partial charge in [-0.3, -0.25) is 9.59 Å². The Morgan fingerprint density at radius 1 is 1.04 bits per heavy atom. The molecule has 0 radical (unpaired) electrons. The minimum Gasteiger partial charge on any atom is -0.481 e. The molecule has 4 aliphatic rings. The van der Waals surface area contributed by atoms with E-state index in [-0.39, 0.29) is 22.7 Å². The van der Waals surface area contributed by atoms with Crippen LogP contribution >= 0.6 is 0 Å². The molecular weight excluding hydrogens is 290 g/mol. The Balaban J connectivity index is 1.63. The van der Waals surface area contributed by atoms with Gasteiger partial charge in [0.2, 0.25) is 5.91 Å². The lowest BCUT2D eigenvalue weighted by molar-refractivity contribution is -0.152. The van der Waals surface area contributed by atoms with Crippen molar-refractivity contribution in [2.75, 3.05) is 0 Å². The molecule has 1 heterocycles. The van der Waals surface area contributed by atoms with Crippen molar-refractivity contribution in [1.29, 1.82) is 0 Å². The average molecular weight is 319 g/mol. The molecule has 1 amide bonds. The number of fused-ring (bicyclic) bond motifs is 5. The van der Waals surface area contributed by atoms with E-state index in [1.54, 1.807) is 0 Å². The quantitative estimate of drug-likeness (QED) is 0.780. The maximum atomic E-state index is 11.8. The summed E-state index contributed by atoms with van der Waals surface area (Å²) >= 11 is 0. The zero-order chi connectivity index (χ0) is 16.4. The highest BCUT2D eigenvalue weighted by molar-refractivity contribution is 5.77. The first-order valence-corrected chi connectivity index (χ1v) is 9.38. The van der Waals surface area contributed by atoms with E-state index in [0.29, 0.717) is 30.2 Å². The van der Waals surface area contributed by atoms with E-state index in [2.05, 4.69) is 19.2 Å². The standard InChI is InChI=1S/C19H29NO3/c1-18-9-7-13-11(12(18)4-5-14(18)17(22)23)3-6-15-19(13,2)10-8-16(21)20-15/h11-15H,3-10H2,1-2H3,(H,20,21)(H,22,23)/t11-,12-,13-,14+,15-,18-,19+/m0/s1. The van der Waals surface area contributed by atoms with Gasteiger partial charge in [-0.15, -0.1) is 0 Å². The Bertz CT molecular complexity index is 547. The maximum Gasteiger partial charge on any atom is 0.307 e. The second kappa shape index (κ2) is 4.97. The lowest BCUT2D eigenvalue weighted by Crippen LogP contribution is -2.61. The molecule has 7 atom stereocenters. The molecule has 0 spiro atoms. The predicted molar refractivity (Wildman–Crippen MR) is 86.7 cm³/mol. The van der Waals surface area contributed by atoms with Crippen molar-refractivity contribution in [2.24, 2.45) is 34.5 Å². The Morgan fingerprint density at radius 2 is 1.78 bits per heavy atom. The third-order valence-electron chi connectivity index (χ3n) is 8.39. The predicted octanol–water partition coefficient (Wildman–Crippen LogP) is 3.21. The lowest BCUT2D eigenvalue weighted by Gasteiger charge is -2.60. The first kappa shape index (κ1) is 15.5. The van der Waals surface area contributed by atoms with Crippen LogP contribution in [0.1, 0.15) is 65.2 Å². The number of rotatable bonds is 1. The van der Waals surface area contributed by atoms with Gasteiger partial charge in [-0.1, -0.05) is 13.8 Å². The fraction of sp³-hybridized carbons (Fsp3) is 0.895. The fourth-order valence-electron chi connectivity index (χ4n) is 7.11. The van der Waals surface area contributed by atoms with Crippen molar-refractivity contribution in [3.05, 3.63) is 0 Å². The van der Waals surface area contributed by atoms with Crippen LogP contribution in [0.4, 0.5) is 0 Å². The van der Waals surface area contributed by atoms with Gasteiger partial charge in [0.15, 0.2) is 0 Å². The second-order valence-electron chi connectivity index (χ2n) is 9.09. The SMILES string of the molecule is C[C@]12CCC(=O)N[C@H]1CC[C@@H]1[C@@H]2CC[C@]2(C)[C@@H](C(=O)O)CC[C@@H]12. The summed E-state index contributed by atoms with van der Waals surface area (Å²) in [5.74, 6) is 1.38. The zero-order valence-electron chi connectivity index (χ0n) is 14.3. The summed E-state index contributed by atoms with van der Waals surface area (Å²) < 4.78 is 0. The molecule has 128 valence electrons. The van der Waals surface area contributed by atoms with Crippen molar-refractivity contribution >= 4 is 11.9 Å². The average Bonchev–Trinajstić information content (AvgIpc) is 2.85. The number of carboxylic acids is 1. The minimum absolute atomic E-state index is 0.00584. The molecule has 2 N–H and O–H groups in total. The molecule has 4 rings (SSSR count). The van der Waals surface area contributed by atoms with E-state index < -0.39 is 5.97 Å². The van der Waals surface area contributed by atoms with Crippen molar-refractivity contribution in [3.8, 4) is 0 Å². The largest absolute Gasteiger partial charge is 0.481 e. The van der Waals surface area contributed by atoms with Crippen LogP contribution in [-0.4, -0.2) is 23.0 Å². The highest BCUT2D eigenvalue weighted by Gasteiger charge is 2.61. The summed E-state index contributed by atoms with van der Waals surface area (Å²) in [5.41, 5.74) is 0.216. The van der Waals surface area contributed by atoms with Crippen LogP contribution in [0.25, 0.3) is 0 Å². The molecule has 0 bridgehead atoms. The Labute approximate surface area is 138 Å². The van der Waals surface area contributed by atoms with E-state index in [4.69, 9.17) is 0 Å². The highest BCUT2D eigenvalue weighted by Crippen LogP contribution is 2.65. The van der Waals surface area contributed by atoms with E-state index >= 15 is 0 Å². The number of piperidine rings is 1. The molecule has 0 aromatic rings. The van der Waals surface area contributed by atoms with Crippen molar-refractivity contribution in [1.82, 2.24) is 5.32 Å². The van der Waals surface area contributed by atoms with Crippen LogP contribution in [0.5, 0.6) is 0 Å². The monoisotopic (exact) mass is 319 g/mol. The number of carbonyl (C=O) groups is 2. The first-order chi connectivity index (χ1) is 10.9. The number of hydrogen-bond acceptors (Lipinski definition) is 2.